The molecule has 1 aliphatic heterocycles. The Labute approximate surface area is 121 Å². The van der Waals surface area contributed by atoms with Crippen molar-refractivity contribution in [3.05, 3.63) is 9.94 Å². The predicted octanol–water partition coefficient (Wildman–Crippen LogP) is 1.90. The standard InChI is InChI=1S/C11H17ClN2O2S2/c1-5-11(14,9(13)17)7(12)6(18-5)8(15)16-10(2,3)4/h5H,14H2,1-4H3,(H2,13,17). The lowest BCUT2D eigenvalue weighted by molar-refractivity contribution is -0.148. The fourth-order valence-corrected chi connectivity index (χ4v) is 3.60. The molecule has 0 bridgehead atoms. The van der Waals surface area contributed by atoms with Crippen LogP contribution in [0.15, 0.2) is 9.94 Å². The average Bonchev–Trinajstić information content (AvgIpc) is 2.41. The number of hydrogen-bond donors (Lipinski definition) is 2. The van der Waals surface area contributed by atoms with E-state index in [1.807, 2.05) is 6.92 Å². The summed E-state index contributed by atoms with van der Waals surface area (Å²) in [7, 11) is 0. The molecule has 0 aliphatic carbocycles. The second-order valence-electron chi connectivity index (χ2n) is 5.14. The summed E-state index contributed by atoms with van der Waals surface area (Å²) in [6.45, 7) is 7.17. The topological polar surface area (TPSA) is 78.3 Å². The molecule has 2 unspecified atom stereocenters. The van der Waals surface area contributed by atoms with Crippen molar-refractivity contribution >= 4 is 46.5 Å². The highest BCUT2D eigenvalue weighted by Crippen LogP contribution is 2.46. The Balaban J connectivity index is 3.08. The number of esters is 1. The molecule has 1 heterocycles. The molecule has 0 saturated heterocycles. The molecule has 102 valence electrons. The molecule has 0 saturated carbocycles. The van der Waals surface area contributed by atoms with E-state index in [2.05, 4.69) is 0 Å². The molecule has 0 aromatic rings. The van der Waals surface area contributed by atoms with Gasteiger partial charge in [0.25, 0.3) is 0 Å². The summed E-state index contributed by atoms with van der Waals surface area (Å²) >= 11 is 12.3. The minimum Gasteiger partial charge on any atom is -0.456 e. The Hall–Kier alpha value is -0.300. The number of thiocarbonyl (C=S) groups is 1. The van der Waals surface area contributed by atoms with Crippen molar-refractivity contribution in [2.75, 3.05) is 0 Å². The van der Waals surface area contributed by atoms with Gasteiger partial charge in [-0.15, -0.1) is 11.8 Å². The van der Waals surface area contributed by atoms with Crippen LogP contribution in [-0.2, 0) is 9.53 Å². The third-order valence-electron chi connectivity index (χ3n) is 2.49. The summed E-state index contributed by atoms with van der Waals surface area (Å²) in [6.07, 6.45) is 0. The van der Waals surface area contributed by atoms with Crippen molar-refractivity contribution in [2.45, 2.75) is 44.1 Å². The van der Waals surface area contributed by atoms with Gasteiger partial charge < -0.3 is 16.2 Å². The van der Waals surface area contributed by atoms with Gasteiger partial charge >= 0.3 is 5.97 Å². The van der Waals surface area contributed by atoms with Crippen LogP contribution >= 0.6 is 35.6 Å². The van der Waals surface area contributed by atoms with Crippen LogP contribution in [0.2, 0.25) is 0 Å². The normalized spacial score (nSPS) is 28.4. The highest BCUT2D eigenvalue weighted by molar-refractivity contribution is 8.05. The molecule has 0 aromatic heterocycles. The number of ether oxygens (including phenoxy) is 1. The molecule has 4 N–H and O–H groups in total. The number of rotatable bonds is 2. The zero-order chi connectivity index (χ0) is 14.3. The van der Waals surface area contributed by atoms with Gasteiger partial charge in [0.1, 0.15) is 16.0 Å². The molecule has 0 amide bonds. The van der Waals surface area contributed by atoms with Crippen LogP contribution in [-0.4, -0.2) is 27.3 Å². The molecule has 7 heteroatoms. The zero-order valence-corrected chi connectivity index (χ0v) is 13.1. The maximum Gasteiger partial charge on any atom is 0.346 e. The number of nitrogens with two attached hydrogens (primary N) is 2. The van der Waals surface area contributed by atoms with Crippen molar-refractivity contribution in [1.29, 1.82) is 0 Å². The Morgan fingerprint density at radius 2 is 2.06 bits per heavy atom. The monoisotopic (exact) mass is 308 g/mol. The van der Waals surface area contributed by atoms with Gasteiger partial charge in [0, 0.05) is 5.25 Å². The molecule has 1 rings (SSSR count). The second kappa shape index (κ2) is 5.00. The molecule has 0 fully saturated rings. The first-order valence-electron chi connectivity index (χ1n) is 5.39. The molecule has 1 aliphatic rings. The van der Waals surface area contributed by atoms with Gasteiger partial charge in [-0.2, -0.15) is 0 Å². The van der Waals surface area contributed by atoms with Crippen LogP contribution in [0.5, 0.6) is 0 Å². The van der Waals surface area contributed by atoms with Crippen LogP contribution in [0.25, 0.3) is 0 Å². The lowest BCUT2D eigenvalue weighted by Gasteiger charge is -2.27. The highest BCUT2D eigenvalue weighted by Gasteiger charge is 2.48. The molecular weight excluding hydrogens is 292 g/mol. The fraction of sp³-hybridized carbons (Fsp3) is 0.636. The van der Waals surface area contributed by atoms with Crippen LogP contribution in [0.4, 0.5) is 0 Å². The molecular formula is C11H17ClN2O2S2. The maximum atomic E-state index is 12.0. The van der Waals surface area contributed by atoms with E-state index in [4.69, 9.17) is 40.0 Å². The lowest BCUT2D eigenvalue weighted by atomic mass is 9.96. The quantitative estimate of drug-likeness (QED) is 0.599. The van der Waals surface area contributed by atoms with E-state index in [1.54, 1.807) is 20.8 Å². The Bertz CT molecular complexity index is 431. The highest BCUT2D eigenvalue weighted by atomic mass is 35.5. The van der Waals surface area contributed by atoms with Gasteiger partial charge in [0.15, 0.2) is 0 Å². The maximum absolute atomic E-state index is 12.0. The van der Waals surface area contributed by atoms with E-state index >= 15 is 0 Å². The summed E-state index contributed by atoms with van der Waals surface area (Å²) in [6, 6.07) is 0. The van der Waals surface area contributed by atoms with Crippen LogP contribution in [0.1, 0.15) is 27.7 Å². The van der Waals surface area contributed by atoms with Gasteiger partial charge in [0.2, 0.25) is 0 Å². The van der Waals surface area contributed by atoms with Crippen molar-refractivity contribution in [2.24, 2.45) is 11.5 Å². The predicted molar refractivity (Wildman–Crippen MR) is 79.5 cm³/mol. The number of hydrogen-bond acceptors (Lipinski definition) is 5. The van der Waals surface area contributed by atoms with E-state index in [-0.39, 0.29) is 20.2 Å². The van der Waals surface area contributed by atoms with Gasteiger partial charge in [0.05, 0.1) is 10.0 Å². The van der Waals surface area contributed by atoms with E-state index in [0.717, 1.165) is 0 Å². The second-order valence-corrected chi connectivity index (χ2v) is 7.31. The molecule has 0 radical (unpaired) electrons. The Morgan fingerprint density at radius 1 is 1.56 bits per heavy atom. The van der Waals surface area contributed by atoms with Gasteiger partial charge in [-0.25, -0.2) is 4.79 Å². The molecule has 18 heavy (non-hydrogen) atoms. The first-order chi connectivity index (χ1) is 8.00. The minimum atomic E-state index is -1.15. The number of carbonyl (C=O) groups excluding carboxylic acids is 1. The fourth-order valence-electron chi connectivity index (χ4n) is 1.46. The third kappa shape index (κ3) is 2.82. The summed E-state index contributed by atoms with van der Waals surface area (Å²) in [5.74, 6) is -0.493. The van der Waals surface area contributed by atoms with Crippen LogP contribution in [0.3, 0.4) is 0 Å². The van der Waals surface area contributed by atoms with Crippen LogP contribution in [0, 0.1) is 0 Å². The largest absolute Gasteiger partial charge is 0.456 e. The SMILES string of the molecule is CC1SC(C(=O)OC(C)(C)C)=C(Cl)C1(N)C(N)=S. The first kappa shape index (κ1) is 15.8. The van der Waals surface area contributed by atoms with E-state index in [1.165, 1.54) is 11.8 Å². The zero-order valence-electron chi connectivity index (χ0n) is 10.7. The van der Waals surface area contributed by atoms with Crippen molar-refractivity contribution in [3.8, 4) is 0 Å². The summed E-state index contributed by atoms with van der Waals surface area (Å²) in [4.78, 5) is 12.4. The molecule has 2 atom stereocenters. The van der Waals surface area contributed by atoms with E-state index in [0.29, 0.717) is 0 Å². The summed E-state index contributed by atoms with van der Waals surface area (Å²) < 4.78 is 5.27. The van der Waals surface area contributed by atoms with Crippen molar-refractivity contribution in [3.63, 3.8) is 0 Å². The molecule has 4 nitrogen and oxygen atoms in total. The summed E-state index contributed by atoms with van der Waals surface area (Å²) in [5, 5.41) is -0.0354. The van der Waals surface area contributed by atoms with Crippen molar-refractivity contribution in [1.82, 2.24) is 0 Å². The summed E-state index contributed by atoms with van der Waals surface area (Å²) in [5.41, 5.74) is 9.99. The first-order valence-corrected chi connectivity index (χ1v) is 7.05. The Kier molecular flexibility index (Phi) is 4.37. The number of thioether (sulfide) groups is 1. The van der Waals surface area contributed by atoms with E-state index < -0.39 is 17.1 Å². The van der Waals surface area contributed by atoms with Gasteiger partial charge in [-0.1, -0.05) is 30.7 Å². The van der Waals surface area contributed by atoms with Crippen molar-refractivity contribution < 1.29 is 9.53 Å². The van der Waals surface area contributed by atoms with Gasteiger partial charge in [-0.3, -0.25) is 0 Å². The molecule has 0 spiro atoms. The average molecular weight is 309 g/mol. The molecule has 0 aromatic carbocycles. The number of halogens is 1. The third-order valence-corrected chi connectivity index (χ3v) is 4.77. The smallest absolute Gasteiger partial charge is 0.346 e. The van der Waals surface area contributed by atoms with Crippen LogP contribution < -0.4 is 11.5 Å². The lowest BCUT2D eigenvalue weighted by Crippen LogP contribution is -2.56. The van der Waals surface area contributed by atoms with Gasteiger partial charge in [-0.05, 0) is 20.8 Å². The minimum absolute atomic E-state index is 0.0751. The Morgan fingerprint density at radius 3 is 2.39 bits per heavy atom. The van der Waals surface area contributed by atoms with E-state index in [9.17, 15) is 4.79 Å². The number of carbonyl (C=O) groups is 1.